The molecule has 0 aliphatic rings. The van der Waals surface area contributed by atoms with Crippen LogP contribution in [0.3, 0.4) is 0 Å². The summed E-state index contributed by atoms with van der Waals surface area (Å²) in [5.41, 5.74) is 8.68. The molecule has 3 nitrogen and oxygen atoms in total. The van der Waals surface area contributed by atoms with Crippen LogP contribution in [0.5, 0.6) is 5.75 Å². The first kappa shape index (κ1) is 11.7. The molecule has 1 atom stereocenters. The molecule has 2 N–H and O–H groups in total. The molecule has 15 heavy (non-hydrogen) atoms. The summed E-state index contributed by atoms with van der Waals surface area (Å²) < 4.78 is 5.27. The number of ketones is 1. The van der Waals surface area contributed by atoms with Crippen molar-refractivity contribution in [2.75, 3.05) is 7.11 Å². The molecule has 1 rings (SSSR count). The fraction of sp³-hybridized carbons (Fsp3) is 0.417. The van der Waals surface area contributed by atoms with Crippen molar-refractivity contribution >= 4 is 5.78 Å². The summed E-state index contributed by atoms with van der Waals surface area (Å²) >= 11 is 0. The molecule has 0 aliphatic carbocycles. The summed E-state index contributed by atoms with van der Waals surface area (Å²) in [6, 6.07) is 3.31. The molecule has 0 radical (unpaired) electrons. The fourth-order valence-corrected chi connectivity index (χ4v) is 1.72. The van der Waals surface area contributed by atoms with E-state index in [1.807, 2.05) is 26.0 Å². The zero-order chi connectivity index (χ0) is 11.6. The molecule has 3 heteroatoms. The van der Waals surface area contributed by atoms with Crippen LogP contribution in [-0.4, -0.2) is 12.9 Å². The first-order chi connectivity index (χ1) is 6.97. The minimum atomic E-state index is -0.599. The molecule has 82 valence electrons. The molecule has 1 aromatic rings. The lowest BCUT2D eigenvalue weighted by atomic mass is 9.98. The molecule has 0 amide bonds. The number of hydrogen-bond acceptors (Lipinski definition) is 3. The first-order valence-corrected chi connectivity index (χ1v) is 4.88. The second kappa shape index (κ2) is 4.45. The minimum absolute atomic E-state index is 0.0571. The second-order valence-electron chi connectivity index (χ2n) is 3.79. The normalized spacial score (nSPS) is 12.3. The average molecular weight is 207 g/mol. The Morgan fingerprint density at radius 3 is 2.47 bits per heavy atom. The molecule has 0 aromatic heterocycles. The van der Waals surface area contributed by atoms with E-state index in [4.69, 9.17) is 10.5 Å². The van der Waals surface area contributed by atoms with Crippen molar-refractivity contribution in [1.29, 1.82) is 0 Å². The fourth-order valence-electron chi connectivity index (χ4n) is 1.72. The number of methoxy groups -OCH3 is 1. The Hall–Kier alpha value is -1.35. The van der Waals surface area contributed by atoms with Crippen LogP contribution in [0.25, 0.3) is 0 Å². The Morgan fingerprint density at radius 1 is 1.40 bits per heavy atom. The van der Waals surface area contributed by atoms with Gasteiger partial charge in [-0.15, -0.1) is 0 Å². The third kappa shape index (κ3) is 2.36. The van der Waals surface area contributed by atoms with Gasteiger partial charge in [0.1, 0.15) is 5.75 Å². The lowest BCUT2D eigenvalue weighted by Crippen LogP contribution is -2.19. The van der Waals surface area contributed by atoms with Gasteiger partial charge in [0.15, 0.2) is 5.78 Å². The van der Waals surface area contributed by atoms with Crippen LogP contribution in [0.2, 0.25) is 0 Å². The van der Waals surface area contributed by atoms with E-state index in [0.29, 0.717) is 5.75 Å². The van der Waals surface area contributed by atoms with Crippen molar-refractivity contribution in [3.63, 3.8) is 0 Å². The minimum Gasteiger partial charge on any atom is -0.496 e. The van der Waals surface area contributed by atoms with E-state index in [-0.39, 0.29) is 5.78 Å². The quantitative estimate of drug-likeness (QED) is 0.823. The standard InChI is InChI=1S/C12H17NO2/c1-7-5-8(2)12(15-4)10(6-7)11(13)9(3)14/h5-6,11H,13H2,1-4H3. The van der Waals surface area contributed by atoms with E-state index in [0.717, 1.165) is 16.7 Å². The Balaban J connectivity index is 3.32. The number of nitrogens with two attached hydrogens (primary N) is 1. The highest BCUT2D eigenvalue weighted by Crippen LogP contribution is 2.29. The Kier molecular flexibility index (Phi) is 3.48. The Bertz CT molecular complexity index is 385. The number of benzene rings is 1. The van der Waals surface area contributed by atoms with Crippen LogP contribution in [0.15, 0.2) is 12.1 Å². The molecule has 1 aromatic carbocycles. The number of ether oxygens (including phenoxy) is 1. The van der Waals surface area contributed by atoms with Crippen LogP contribution in [0.4, 0.5) is 0 Å². The SMILES string of the molecule is COc1c(C)cc(C)cc1C(N)C(C)=O. The summed E-state index contributed by atoms with van der Waals surface area (Å²) in [6.45, 7) is 5.41. The zero-order valence-electron chi connectivity index (χ0n) is 9.63. The van der Waals surface area contributed by atoms with E-state index < -0.39 is 6.04 Å². The summed E-state index contributed by atoms with van der Waals surface area (Å²) in [4.78, 5) is 11.3. The van der Waals surface area contributed by atoms with Gasteiger partial charge in [0.2, 0.25) is 0 Å². The number of rotatable bonds is 3. The number of Topliss-reactive ketones (excluding diaryl/α,β-unsaturated/α-hetero) is 1. The van der Waals surface area contributed by atoms with Crippen molar-refractivity contribution < 1.29 is 9.53 Å². The third-order valence-electron chi connectivity index (χ3n) is 2.42. The van der Waals surface area contributed by atoms with E-state index in [2.05, 4.69) is 0 Å². The zero-order valence-corrected chi connectivity index (χ0v) is 9.63. The van der Waals surface area contributed by atoms with Crippen LogP contribution < -0.4 is 10.5 Å². The van der Waals surface area contributed by atoms with Gasteiger partial charge in [0.25, 0.3) is 0 Å². The predicted molar refractivity (Wildman–Crippen MR) is 60.1 cm³/mol. The largest absolute Gasteiger partial charge is 0.496 e. The van der Waals surface area contributed by atoms with E-state index in [1.165, 1.54) is 6.92 Å². The van der Waals surface area contributed by atoms with Gasteiger partial charge in [-0.1, -0.05) is 17.7 Å². The van der Waals surface area contributed by atoms with Crippen molar-refractivity contribution in [1.82, 2.24) is 0 Å². The lowest BCUT2D eigenvalue weighted by molar-refractivity contribution is -0.118. The maximum Gasteiger partial charge on any atom is 0.151 e. The maximum atomic E-state index is 11.3. The van der Waals surface area contributed by atoms with Crippen molar-refractivity contribution in [2.45, 2.75) is 26.8 Å². The molecular weight excluding hydrogens is 190 g/mol. The lowest BCUT2D eigenvalue weighted by Gasteiger charge is -2.16. The van der Waals surface area contributed by atoms with Gasteiger partial charge in [-0.3, -0.25) is 4.79 Å². The smallest absolute Gasteiger partial charge is 0.151 e. The summed E-state index contributed by atoms with van der Waals surface area (Å²) in [7, 11) is 1.59. The van der Waals surface area contributed by atoms with Gasteiger partial charge in [-0.05, 0) is 26.3 Å². The van der Waals surface area contributed by atoms with Crippen LogP contribution in [0, 0.1) is 13.8 Å². The van der Waals surface area contributed by atoms with E-state index in [9.17, 15) is 4.79 Å². The first-order valence-electron chi connectivity index (χ1n) is 4.88. The Labute approximate surface area is 90.2 Å². The maximum absolute atomic E-state index is 11.3. The second-order valence-corrected chi connectivity index (χ2v) is 3.79. The number of carbonyl (C=O) groups is 1. The van der Waals surface area contributed by atoms with Gasteiger partial charge in [-0.2, -0.15) is 0 Å². The highest BCUT2D eigenvalue weighted by Gasteiger charge is 2.17. The molecule has 0 bridgehead atoms. The van der Waals surface area contributed by atoms with E-state index in [1.54, 1.807) is 7.11 Å². The van der Waals surface area contributed by atoms with Gasteiger partial charge < -0.3 is 10.5 Å². The number of carbonyl (C=O) groups excluding carboxylic acids is 1. The molecule has 0 aliphatic heterocycles. The van der Waals surface area contributed by atoms with Crippen LogP contribution in [0.1, 0.15) is 29.7 Å². The van der Waals surface area contributed by atoms with Crippen molar-refractivity contribution in [3.05, 3.63) is 28.8 Å². The van der Waals surface area contributed by atoms with Crippen LogP contribution in [-0.2, 0) is 4.79 Å². The highest BCUT2D eigenvalue weighted by molar-refractivity contribution is 5.83. The molecule has 0 fully saturated rings. The van der Waals surface area contributed by atoms with Gasteiger partial charge in [0.05, 0.1) is 13.2 Å². The number of aryl methyl sites for hydroxylation is 2. The Morgan fingerprint density at radius 2 is 2.00 bits per heavy atom. The molecule has 1 unspecified atom stereocenters. The summed E-state index contributed by atoms with van der Waals surface area (Å²) in [5.74, 6) is 0.654. The van der Waals surface area contributed by atoms with Gasteiger partial charge in [-0.25, -0.2) is 0 Å². The summed E-state index contributed by atoms with van der Waals surface area (Å²) in [5, 5.41) is 0. The highest BCUT2D eigenvalue weighted by atomic mass is 16.5. The topological polar surface area (TPSA) is 52.3 Å². The van der Waals surface area contributed by atoms with Gasteiger partial charge in [0, 0.05) is 5.56 Å². The third-order valence-corrected chi connectivity index (χ3v) is 2.42. The van der Waals surface area contributed by atoms with Crippen molar-refractivity contribution in [2.24, 2.45) is 5.73 Å². The molecule has 0 saturated heterocycles. The van der Waals surface area contributed by atoms with Crippen LogP contribution >= 0.6 is 0 Å². The molecule has 0 saturated carbocycles. The summed E-state index contributed by atoms with van der Waals surface area (Å²) in [6.07, 6.45) is 0. The van der Waals surface area contributed by atoms with Gasteiger partial charge >= 0.3 is 0 Å². The predicted octanol–water partition coefficient (Wildman–Crippen LogP) is 1.90. The number of hydrogen-bond donors (Lipinski definition) is 1. The average Bonchev–Trinajstić information content (AvgIpc) is 2.15. The molecule has 0 spiro atoms. The molecular formula is C12H17NO2. The van der Waals surface area contributed by atoms with Crippen molar-refractivity contribution in [3.8, 4) is 5.75 Å². The monoisotopic (exact) mass is 207 g/mol. The molecule has 0 heterocycles. The van der Waals surface area contributed by atoms with E-state index >= 15 is 0 Å².